The van der Waals surface area contributed by atoms with Crippen molar-refractivity contribution in [2.24, 2.45) is 0 Å². The fraction of sp³-hybridized carbons (Fsp3) is 0.348. The van der Waals surface area contributed by atoms with Crippen molar-refractivity contribution in [1.82, 2.24) is 30.8 Å². The van der Waals surface area contributed by atoms with Gasteiger partial charge in [0.1, 0.15) is 0 Å². The van der Waals surface area contributed by atoms with Crippen molar-refractivity contribution in [2.75, 3.05) is 6.54 Å². The van der Waals surface area contributed by atoms with Crippen molar-refractivity contribution in [1.29, 1.82) is 0 Å². The van der Waals surface area contributed by atoms with Crippen LogP contribution in [0.2, 0.25) is 0 Å². The van der Waals surface area contributed by atoms with Gasteiger partial charge in [0.25, 0.3) is 0 Å². The molecule has 0 saturated heterocycles. The molecule has 3 aromatic rings. The average molecular weight is 474 g/mol. The number of carboxylic acids is 1. The number of nitrogens with zero attached hydrogens (tertiary/aromatic N) is 4. The molecule has 0 radical (unpaired) electrons. The first-order chi connectivity index (χ1) is 16.0. The first kappa shape index (κ1) is 27.6. The third-order valence-electron chi connectivity index (χ3n) is 5.02. The van der Waals surface area contributed by atoms with Gasteiger partial charge in [-0.3, -0.25) is 4.79 Å². The summed E-state index contributed by atoms with van der Waals surface area (Å²) < 4.78 is 1.61. The van der Waals surface area contributed by atoms with Crippen LogP contribution < -0.4 is 45.3 Å². The Hall–Kier alpha value is -2.63. The number of carbonyl (C=O) groups excluding carboxylic acids is 2. The van der Waals surface area contributed by atoms with Gasteiger partial charge in [-0.15, -0.1) is 5.10 Å². The Kier molecular flexibility index (Phi) is 11.9. The number of benzene rings is 2. The molecule has 0 saturated carbocycles. The van der Waals surface area contributed by atoms with Crippen LogP contribution in [-0.4, -0.2) is 49.8 Å². The van der Waals surface area contributed by atoms with Crippen LogP contribution in [0.25, 0.3) is 0 Å². The molecule has 2 atom stereocenters. The van der Waals surface area contributed by atoms with Crippen molar-refractivity contribution >= 4 is 11.9 Å². The van der Waals surface area contributed by atoms with E-state index in [1.165, 1.54) is 0 Å². The number of aromatic nitrogens is 4. The van der Waals surface area contributed by atoms with E-state index in [4.69, 9.17) is 0 Å². The molecular weight excluding hydrogens is 447 g/mol. The molecule has 0 aliphatic carbocycles. The number of carboxylic acid groups (broad SMARTS) is 1. The van der Waals surface area contributed by atoms with Crippen LogP contribution in [0.3, 0.4) is 0 Å². The van der Waals surface area contributed by atoms with Gasteiger partial charge in [-0.05, 0) is 28.0 Å². The molecule has 10 nitrogen and oxygen atoms in total. The number of carbonyl (C=O) groups is 2. The van der Waals surface area contributed by atoms with Gasteiger partial charge in [0, 0.05) is 38.4 Å². The summed E-state index contributed by atoms with van der Waals surface area (Å²) in [5.41, 5.74) is 1.89. The summed E-state index contributed by atoms with van der Waals surface area (Å²) in [5.74, 6) is -0.876. The second-order valence-electron chi connectivity index (χ2n) is 7.61. The summed E-state index contributed by atoms with van der Waals surface area (Å²) in [6.07, 6.45) is -0.732. The first-order valence-electron chi connectivity index (χ1n) is 10.8. The number of rotatable bonds is 13. The predicted molar refractivity (Wildman–Crippen MR) is 117 cm³/mol. The molecule has 1 amide bonds. The van der Waals surface area contributed by atoms with Crippen molar-refractivity contribution in [3.05, 3.63) is 77.6 Å². The Balaban J connectivity index is 0.00000408. The minimum absolute atomic E-state index is 0. The van der Waals surface area contributed by atoms with E-state index in [0.29, 0.717) is 31.8 Å². The van der Waals surface area contributed by atoms with Crippen molar-refractivity contribution in [3.63, 3.8) is 0 Å². The smallest absolute Gasteiger partial charge is 0.550 e. The topological polar surface area (TPSA) is 145 Å². The Bertz CT molecular complexity index is 1020. The summed E-state index contributed by atoms with van der Waals surface area (Å²) in [4.78, 5) is 22.9. The Labute approximate surface area is 220 Å². The molecule has 34 heavy (non-hydrogen) atoms. The molecule has 1 heterocycles. The quantitative estimate of drug-likeness (QED) is 0.222. The Morgan fingerprint density at radius 2 is 1.74 bits per heavy atom. The fourth-order valence-electron chi connectivity index (χ4n) is 3.37. The molecule has 0 bridgehead atoms. The second-order valence-corrected chi connectivity index (χ2v) is 7.61. The SMILES string of the molecule is O=C([O-])CC(O)CNC(c1ccccc1)c1nnnn1CCCC(=O)NCc1ccccc1.[Na+]. The van der Waals surface area contributed by atoms with Crippen LogP contribution in [-0.2, 0) is 22.7 Å². The third kappa shape index (κ3) is 8.96. The second kappa shape index (κ2) is 14.6. The molecule has 3 rings (SSSR count). The van der Waals surface area contributed by atoms with Crippen LogP contribution >= 0.6 is 0 Å². The van der Waals surface area contributed by atoms with Gasteiger partial charge in [-0.2, -0.15) is 0 Å². The maximum atomic E-state index is 12.2. The number of nitrogens with one attached hydrogen (secondary N) is 2. The molecule has 0 aliphatic rings. The van der Waals surface area contributed by atoms with Crippen LogP contribution in [0, 0.1) is 0 Å². The predicted octanol–water partition coefficient (Wildman–Crippen LogP) is -3.05. The molecule has 1 aromatic heterocycles. The summed E-state index contributed by atoms with van der Waals surface area (Å²) in [6, 6.07) is 18.6. The molecular formula is C23H27N6NaO4. The molecule has 174 valence electrons. The van der Waals surface area contributed by atoms with Gasteiger partial charge in [0.05, 0.1) is 12.1 Å². The number of aliphatic hydroxyl groups excluding tert-OH is 1. The molecule has 3 N–H and O–H groups in total. The molecule has 0 spiro atoms. The third-order valence-corrected chi connectivity index (χ3v) is 5.02. The molecule has 2 unspecified atom stereocenters. The number of aryl methyl sites for hydroxylation is 1. The first-order valence-corrected chi connectivity index (χ1v) is 10.8. The number of hydrogen-bond acceptors (Lipinski definition) is 8. The largest absolute Gasteiger partial charge is 1.00 e. The molecule has 0 aliphatic heterocycles. The van der Waals surface area contributed by atoms with E-state index in [1.54, 1.807) is 4.68 Å². The van der Waals surface area contributed by atoms with Gasteiger partial charge >= 0.3 is 29.6 Å². The monoisotopic (exact) mass is 474 g/mol. The normalized spacial score (nSPS) is 12.4. The summed E-state index contributed by atoms with van der Waals surface area (Å²) in [5, 5.41) is 38.7. The standard InChI is InChI=1S/C23H28N6O4.Na/c30-19(14-21(32)33)16-25-22(18-10-5-2-6-11-18)23-26-27-28-29(23)13-7-12-20(31)24-15-17-8-3-1-4-9-17;/h1-6,8-11,19,22,25,30H,7,12-16H2,(H,24,31)(H,32,33);/q;+1/p-1. The van der Waals surface area contributed by atoms with Crippen molar-refractivity contribution in [3.8, 4) is 0 Å². The summed E-state index contributed by atoms with van der Waals surface area (Å²) in [7, 11) is 0. The maximum absolute atomic E-state index is 12.2. The molecule has 2 aromatic carbocycles. The van der Waals surface area contributed by atoms with Crippen molar-refractivity contribution < 1.29 is 49.4 Å². The zero-order chi connectivity index (χ0) is 23.5. The zero-order valence-corrected chi connectivity index (χ0v) is 21.1. The van der Waals surface area contributed by atoms with Crippen LogP contribution in [0.4, 0.5) is 0 Å². The number of hydrogen-bond donors (Lipinski definition) is 3. The molecule has 11 heteroatoms. The van der Waals surface area contributed by atoms with Gasteiger partial charge in [0.15, 0.2) is 5.82 Å². The number of amides is 1. The van der Waals surface area contributed by atoms with E-state index in [0.717, 1.165) is 11.1 Å². The van der Waals surface area contributed by atoms with E-state index >= 15 is 0 Å². The summed E-state index contributed by atoms with van der Waals surface area (Å²) >= 11 is 0. The van der Waals surface area contributed by atoms with Gasteiger partial charge in [-0.1, -0.05) is 60.7 Å². The van der Waals surface area contributed by atoms with Crippen molar-refractivity contribution in [2.45, 2.75) is 44.5 Å². The van der Waals surface area contributed by atoms with E-state index < -0.39 is 24.5 Å². The molecule has 0 fully saturated rings. The minimum atomic E-state index is -1.32. The Morgan fingerprint density at radius 3 is 2.41 bits per heavy atom. The van der Waals surface area contributed by atoms with Gasteiger partial charge < -0.3 is 25.6 Å². The van der Waals surface area contributed by atoms with E-state index in [1.807, 2.05) is 60.7 Å². The minimum Gasteiger partial charge on any atom is -0.550 e. The number of aliphatic carboxylic acids is 1. The maximum Gasteiger partial charge on any atom is 1.00 e. The van der Waals surface area contributed by atoms with Crippen LogP contribution in [0.15, 0.2) is 60.7 Å². The van der Waals surface area contributed by atoms with E-state index in [9.17, 15) is 19.8 Å². The van der Waals surface area contributed by atoms with Gasteiger partial charge in [-0.25, -0.2) is 4.68 Å². The Morgan fingerprint density at radius 1 is 1.06 bits per heavy atom. The van der Waals surface area contributed by atoms with E-state index in [-0.39, 0.29) is 42.0 Å². The number of tetrazole rings is 1. The number of aliphatic hydroxyl groups is 1. The fourth-order valence-corrected chi connectivity index (χ4v) is 3.37. The summed E-state index contributed by atoms with van der Waals surface area (Å²) in [6.45, 7) is 0.917. The van der Waals surface area contributed by atoms with Crippen LogP contribution in [0.1, 0.15) is 42.3 Å². The zero-order valence-electron chi connectivity index (χ0n) is 19.1. The van der Waals surface area contributed by atoms with E-state index in [2.05, 4.69) is 26.2 Å². The van der Waals surface area contributed by atoms with Gasteiger partial charge in [0.2, 0.25) is 5.91 Å². The average Bonchev–Trinajstić information content (AvgIpc) is 3.27. The van der Waals surface area contributed by atoms with Crippen LogP contribution in [0.5, 0.6) is 0 Å².